The standard InChI is InChI=1S/C19H15ClN4O2S/c1-25-17-7-5-13(6-8-17)18-22-15(10-26-18)11-27-19-23-21-12-24(19)16-4-2-3-14(20)9-16/h2-10,12H,11H2,1H3. The number of benzene rings is 2. The van der Waals surface area contributed by atoms with Crippen molar-refractivity contribution in [1.29, 1.82) is 0 Å². The van der Waals surface area contributed by atoms with Crippen molar-refractivity contribution < 1.29 is 9.15 Å². The molecule has 0 unspecified atom stereocenters. The number of aromatic nitrogens is 4. The average molecular weight is 399 g/mol. The van der Waals surface area contributed by atoms with Gasteiger partial charge in [0.05, 0.1) is 18.5 Å². The van der Waals surface area contributed by atoms with E-state index in [9.17, 15) is 0 Å². The highest BCUT2D eigenvalue weighted by Gasteiger charge is 2.11. The van der Waals surface area contributed by atoms with Gasteiger partial charge in [-0.2, -0.15) is 0 Å². The quantitative estimate of drug-likeness (QED) is 0.431. The molecule has 8 heteroatoms. The summed E-state index contributed by atoms with van der Waals surface area (Å²) in [6.45, 7) is 0. The van der Waals surface area contributed by atoms with Crippen LogP contribution in [0.15, 0.2) is 70.7 Å². The maximum atomic E-state index is 6.08. The van der Waals surface area contributed by atoms with Crippen molar-refractivity contribution in [3.8, 4) is 22.9 Å². The van der Waals surface area contributed by atoms with Gasteiger partial charge in [0.15, 0.2) is 5.16 Å². The zero-order valence-electron chi connectivity index (χ0n) is 14.4. The Morgan fingerprint density at radius 2 is 2.04 bits per heavy atom. The van der Waals surface area contributed by atoms with E-state index < -0.39 is 0 Å². The van der Waals surface area contributed by atoms with E-state index in [-0.39, 0.29) is 0 Å². The Hall–Kier alpha value is -2.77. The number of methoxy groups -OCH3 is 1. The number of rotatable bonds is 6. The molecule has 0 aliphatic carbocycles. The second-order valence-corrected chi connectivity index (χ2v) is 7.00. The lowest BCUT2D eigenvalue weighted by Crippen LogP contribution is -1.95. The van der Waals surface area contributed by atoms with Gasteiger partial charge in [-0.25, -0.2) is 4.98 Å². The van der Waals surface area contributed by atoms with Crippen LogP contribution < -0.4 is 4.74 Å². The molecule has 2 aromatic carbocycles. The third kappa shape index (κ3) is 3.99. The second-order valence-electron chi connectivity index (χ2n) is 5.62. The Bertz CT molecular complexity index is 1050. The highest BCUT2D eigenvalue weighted by Crippen LogP contribution is 2.27. The molecule has 0 saturated carbocycles. The molecule has 0 amide bonds. The minimum Gasteiger partial charge on any atom is -0.497 e. The van der Waals surface area contributed by atoms with Crippen molar-refractivity contribution in [2.75, 3.05) is 7.11 Å². The van der Waals surface area contributed by atoms with Crippen molar-refractivity contribution in [3.63, 3.8) is 0 Å². The third-order valence-electron chi connectivity index (χ3n) is 3.84. The zero-order valence-corrected chi connectivity index (χ0v) is 15.9. The number of halogens is 1. The second kappa shape index (κ2) is 7.85. The van der Waals surface area contributed by atoms with Gasteiger partial charge in [-0.15, -0.1) is 10.2 Å². The maximum Gasteiger partial charge on any atom is 0.226 e. The van der Waals surface area contributed by atoms with Crippen LogP contribution in [-0.4, -0.2) is 26.9 Å². The molecule has 0 bridgehead atoms. The molecule has 6 nitrogen and oxygen atoms in total. The molecule has 136 valence electrons. The predicted molar refractivity (Wildman–Crippen MR) is 104 cm³/mol. The van der Waals surface area contributed by atoms with E-state index in [2.05, 4.69) is 15.2 Å². The van der Waals surface area contributed by atoms with Crippen LogP contribution in [0.5, 0.6) is 5.75 Å². The van der Waals surface area contributed by atoms with Gasteiger partial charge < -0.3 is 9.15 Å². The smallest absolute Gasteiger partial charge is 0.226 e. The van der Waals surface area contributed by atoms with Crippen LogP contribution in [0.25, 0.3) is 17.1 Å². The lowest BCUT2D eigenvalue weighted by atomic mass is 10.2. The van der Waals surface area contributed by atoms with Gasteiger partial charge in [-0.05, 0) is 42.5 Å². The summed E-state index contributed by atoms with van der Waals surface area (Å²) in [5, 5.41) is 9.61. The van der Waals surface area contributed by atoms with E-state index in [0.29, 0.717) is 16.7 Å². The number of nitrogens with zero attached hydrogens (tertiary/aromatic N) is 4. The van der Waals surface area contributed by atoms with Gasteiger partial charge in [-0.1, -0.05) is 29.4 Å². The predicted octanol–water partition coefficient (Wildman–Crippen LogP) is 4.88. The molecule has 2 heterocycles. The summed E-state index contributed by atoms with van der Waals surface area (Å²) >= 11 is 7.60. The lowest BCUT2D eigenvalue weighted by molar-refractivity contribution is 0.415. The maximum absolute atomic E-state index is 6.08. The summed E-state index contributed by atoms with van der Waals surface area (Å²) in [5.74, 6) is 1.98. The van der Waals surface area contributed by atoms with Crippen molar-refractivity contribution in [2.45, 2.75) is 10.9 Å². The Morgan fingerprint density at radius 1 is 1.19 bits per heavy atom. The first-order chi connectivity index (χ1) is 13.2. The monoisotopic (exact) mass is 398 g/mol. The van der Waals surface area contributed by atoms with Crippen molar-refractivity contribution in [2.24, 2.45) is 0 Å². The Morgan fingerprint density at radius 3 is 2.81 bits per heavy atom. The summed E-state index contributed by atoms with van der Waals surface area (Å²) in [7, 11) is 1.64. The van der Waals surface area contributed by atoms with Gasteiger partial charge in [-0.3, -0.25) is 4.57 Å². The number of hydrogen-bond acceptors (Lipinski definition) is 6. The van der Waals surface area contributed by atoms with E-state index in [4.69, 9.17) is 20.8 Å². The van der Waals surface area contributed by atoms with Crippen LogP contribution in [0.2, 0.25) is 5.02 Å². The zero-order chi connectivity index (χ0) is 18.6. The number of oxazole rings is 1. The Kier molecular flexibility index (Phi) is 5.13. The van der Waals surface area contributed by atoms with Crippen molar-refractivity contribution in [1.82, 2.24) is 19.7 Å². The molecule has 0 fully saturated rings. The molecule has 0 atom stereocenters. The summed E-state index contributed by atoms with van der Waals surface area (Å²) in [6.07, 6.45) is 3.33. The molecule has 0 aliphatic heterocycles. The highest BCUT2D eigenvalue weighted by atomic mass is 35.5. The third-order valence-corrected chi connectivity index (χ3v) is 5.05. The number of hydrogen-bond donors (Lipinski definition) is 0. The van der Waals surface area contributed by atoms with Crippen LogP contribution in [-0.2, 0) is 5.75 Å². The summed E-state index contributed by atoms with van der Waals surface area (Å²) in [4.78, 5) is 4.55. The summed E-state index contributed by atoms with van der Waals surface area (Å²) in [5.41, 5.74) is 2.63. The molecule has 27 heavy (non-hydrogen) atoms. The minimum absolute atomic E-state index is 0.574. The number of thioether (sulfide) groups is 1. The highest BCUT2D eigenvalue weighted by molar-refractivity contribution is 7.98. The SMILES string of the molecule is COc1ccc(-c2nc(CSc3nncn3-c3cccc(Cl)c3)co2)cc1. The van der Waals surface area contributed by atoms with Gasteiger partial charge in [0.1, 0.15) is 18.3 Å². The van der Waals surface area contributed by atoms with E-state index in [1.54, 1.807) is 19.7 Å². The normalized spacial score (nSPS) is 10.9. The fraction of sp³-hybridized carbons (Fsp3) is 0.105. The Balaban J connectivity index is 1.47. The van der Waals surface area contributed by atoms with Crippen LogP contribution in [0.1, 0.15) is 5.69 Å². The van der Waals surface area contributed by atoms with Crippen LogP contribution in [0.4, 0.5) is 0 Å². The molecule has 0 saturated heterocycles. The van der Waals surface area contributed by atoms with Crippen molar-refractivity contribution >= 4 is 23.4 Å². The van der Waals surface area contributed by atoms with Crippen LogP contribution in [0.3, 0.4) is 0 Å². The lowest BCUT2D eigenvalue weighted by Gasteiger charge is -2.05. The van der Waals surface area contributed by atoms with Crippen LogP contribution >= 0.6 is 23.4 Å². The molecule has 0 spiro atoms. The van der Waals surface area contributed by atoms with Gasteiger partial charge >= 0.3 is 0 Å². The molecule has 4 aromatic rings. The molecule has 0 N–H and O–H groups in total. The first kappa shape index (κ1) is 17.6. The molecule has 0 aliphatic rings. The minimum atomic E-state index is 0.574. The van der Waals surface area contributed by atoms with E-state index >= 15 is 0 Å². The van der Waals surface area contributed by atoms with Gasteiger partial charge in [0.25, 0.3) is 0 Å². The van der Waals surface area contributed by atoms with E-state index in [1.165, 1.54) is 11.8 Å². The first-order valence-electron chi connectivity index (χ1n) is 8.10. The molecule has 2 aromatic heterocycles. The largest absolute Gasteiger partial charge is 0.497 e. The molecule has 4 rings (SSSR count). The molecular formula is C19H15ClN4O2S. The average Bonchev–Trinajstić information content (AvgIpc) is 3.36. The number of ether oxygens (including phenoxy) is 1. The first-order valence-corrected chi connectivity index (χ1v) is 9.47. The van der Waals surface area contributed by atoms with Crippen molar-refractivity contribution in [3.05, 3.63) is 71.8 Å². The van der Waals surface area contributed by atoms with Gasteiger partial charge in [0.2, 0.25) is 5.89 Å². The summed E-state index contributed by atoms with van der Waals surface area (Å²) < 4.78 is 12.7. The fourth-order valence-corrected chi connectivity index (χ4v) is 3.49. The Labute approximate surface area is 165 Å². The molecule has 0 radical (unpaired) electrons. The van der Waals surface area contributed by atoms with Gasteiger partial charge in [0, 0.05) is 16.3 Å². The van der Waals surface area contributed by atoms with Crippen LogP contribution in [0, 0.1) is 0 Å². The topological polar surface area (TPSA) is 66.0 Å². The van der Waals surface area contributed by atoms with E-state index in [1.807, 2.05) is 53.1 Å². The fourth-order valence-electron chi connectivity index (χ4n) is 2.50. The molecular weight excluding hydrogens is 384 g/mol. The van der Waals surface area contributed by atoms with E-state index in [0.717, 1.165) is 27.9 Å². The summed E-state index contributed by atoms with van der Waals surface area (Å²) in [6, 6.07) is 15.1.